The van der Waals surface area contributed by atoms with Gasteiger partial charge in [0.2, 0.25) is 0 Å². The lowest BCUT2D eigenvalue weighted by molar-refractivity contribution is 0.279. The molecule has 0 bridgehead atoms. The molecule has 120 valence electrons. The van der Waals surface area contributed by atoms with Crippen molar-refractivity contribution >= 4 is 0 Å². The number of nitrogens with two attached hydrogens (primary N) is 1. The Morgan fingerprint density at radius 2 is 1.67 bits per heavy atom. The van der Waals surface area contributed by atoms with Crippen molar-refractivity contribution in [2.45, 2.75) is 77.7 Å². The second-order valence-electron chi connectivity index (χ2n) is 6.15. The van der Waals surface area contributed by atoms with E-state index in [9.17, 15) is 0 Å². The number of unbranched alkanes of at least 4 members (excludes halogenated alkanes) is 7. The zero-order valence-corrected chi connectivity index (χ0v) is 13.9. The van der Waals surface area contributed by atoms with Crippen LogP contribution in [0.4, 0.5) is 0 Å². The fraction of sp³-hybridized carbons (Fsp3) is 0.684. The second kappa shape index (κ2) is 11.6. The third kappa shape index (κ3) is 9.52. The van der Waals surface area contributed by atoms with Gasteiger partial charge in [0, 0.05) is 6.04 Å². The highest BCUT2D eigenvalue weighted by molar-refractivity contribution is 5.27. The lowest BCUT2D eigenvalue weighted by Crippen LogP contribution is -2.27. The minimum Gasteiger partial charge on any atom is -0.492 e. The first-order chi connectivity index (χ1) is 10.2. The fourth-order valence-electron chi connectivity index (χ4n) is 2.53. The summed E-state index contributed by atoms with van der Waals surface area (Å²) < 4.78 is 5.75. The largest absolute Gasteiger partial charge is 0.492 e. The van der Waals surface area contributed by atoms with Crippen LogP contribution in [0.3, 0.4) is 0 Å². The van der Waals surface area contributed by atoms with E-state index in [2.05, 4.69) is 26.0 Å². The van der Waals surface area contributed by atoms with Gasteiger partial charge in [0.05, 0.1) is 0 Å². The average molecular weight is 291 g/mol. The standard InChI is InChI=1S/C19H33NO/c1-3-4-5-6-7-8-9-10-13-18(20)16-21-19-14-11-12-17(2)15-19/h11-12,14-15,18H,3-10,13,16,20H2,1-2H3. The monoisotopic (exact) mass is 291 g/mol. The molecule has 0 spiro atoms. The summed E-state index contributed by atoms with van der Waals surface area (Å²) in [7, 11) is 0. The van der Waals surface area contributed by atoms with Crippen LogP contribution in [0.1, 0.15) is 70.3 Å². The highest BCUT2D eigenvalue weighted by Gasteiger charge is 2.04. The van der Waals surface area contributed by atoms with Crippen molar-refractivity contribution in [1.82, 2.24) is 0 Å². The maximum atomic E-state index is 6.12. The van der Waals surface area contributed by atoms with E-state index in [1.807, 2.05) is 12.1 Å². The minimum atomic E-state index is 0.158. The molecule has 0 aliphatic rings. The summed E-state index contributed by atoms with van der Waals surface area (Å²) in [6, 6.07) is 8.31. The van der Waals surface area contributed by atoms with Crippen molar-refractivity contribution in [2.24, 2.45) is 5.73 Å². The van der Waals surface area contributed by atoms with Crippen LogP contribution in [0.25, 0.3) is 0 Å². The highest BCUT2D eigenvalue weighted by Crippen LogP contribution is 2.14. The fourth-order valence-corrected chi connectivity index (χ4v) is 2.53. The molecule has 1 aromatic carbocycles. The van der Waals surface area contributed by atoms with E-state index in [4.69, 9.17) is 10.5 Å². The SMILES string of the molecule is CCCCCCCCCCC(N)COc1cccc(C)c1. The van der Waals surface area contributed by atoms with Crippen molar-refractivity contribution in [2.75, 3.05) is 6.61 Å². The van der Waals surface area contributed by atoms with Crippen molar-refractivity contribution in [1.29, 1.82) is 0 Å². The Bertz CT molecular complexity index is 364. The zero-order chi connectivity index (χ0) is 15.3. The predicted octanol–water partition coefficient (Wildman–Crippen LogP) is 5.23. The molecule has 1 rings (SSSR count). The van der Waals surface area contributed by atoms with Crippen LogP contribution < -0.4 is 10.5 Å². The molecule has 2 heteroatoms. The van der Waals surface area contributed by atoms with Crippen molar-refractivity contribution in [3.05, 3.63) is 29.8 Å². The highest BCUT2D eigenvalue weighted by atomic mass is 16.5. The molecule has 2 nitrogen and oxygen atoms in total. The van der Waals surface area contributed by atoms with Gasteiger partial charge in [-0.2, -0.15) is 0 Å². The number of aryl methyl sites for hydroxylation is 1. The van der Waals surface area contributed by atoms with Gasteiger partial charge in [-0.15, -0.1) is 0 Å². The van der Waals surface area contributed by atoms with Crippen molar-refractivity contribution < 1.29 is 4.74 Å². The maximum absolute atomic E-state index is 6.12. The average Bonchev–Trinajstić information content (AvgIpc) is 2.48. The Morgan fingerprint density at radius 3 is 2.33 bits per heavy atom. The summed E-state index contributed by atoms with van der Waals surface area (Å²) in [6.07, 6.45) is 11.9. The summed E-state index contributed by atoms with van der Waals surface area (Å²) in [5.41, 5.74) is 7.34. The molecular formula is C19H33NO. The van der Waals surface area contributed by atoms with E-state index >= 15 is 0 Å². The first kappa shape index (κ1) is 18.0. The molecule has 1 atom stereocenters. The van der Waals surface area contributed by atoms with Crippen LogP contribution in [0, 0.1) is 6.92 Å². The van der Waals surface area contributed by atoms with Gasteiger partial charge in [0.15, 0.2) is 0 Å². The molecule has 2 N–H and O–H groups in total. The van der Waals surface area contributed by atoms with Gasteiger partial charge in [0.1, 0.15) is 12.4 Å². The number of benzene rings is 1. The van der Waals surface area contributed by atoms with E-state index in [0.717, 1.165) is 12.2 Å². The Morgan fingerprint density at radius 1 is 1.00 bits per heavy atom. The molecule has 1 aromatic rings. The van der Waals surface area contributed by atoms with Gasteiger partial charge in [-0.05, 0) is 31.0 Å². The summed E-state index contributed by atoms with van der Waals surface area (Å²) in [5, 5.41) is 0. The second-order valence-corrected chi connectivity index (χ2v) is 6.15. The summed E-state index contributed by atoms with van der Waals surface area (Å²) >= 11 is 0. The summed E-state index contributed by atoms with van der Waals surface area (Å²) in [4.78, 5) is 0. The Labute approximate surface area is 131 Å². The molecule has 0 fully saturated rings. The molecule has 0 aliphatic heterocycles. The lowest BCUT2D eigenvalue weighted by atomic mass is 10.1. The summed E-state index contributed by atoms with van der Waals surface area (Å²) in [5.74, 6) is 0.932. The number of hydrogen-bond acceptors (Lipinski definition) is 2. The maximum Gasteiger partial charge on any atom is 0.119 e. The van der Waals surface area contributed by atoms with E-state index in [1.165, 1.54) is 56.9 Å². The Balaban J connectivity index is 1.97. The van der Waals surface area contributed by atoms with Crippen LogP contribution in [-0.2, 0) is 0 Å². The van der Waals surface area contributed by atoms with E-state index in [0.29, 0.717) is 6.61 Å². The van der Waals surface area contributed by atoms with Gasteiger partial charge >= 0.3 is 0 Å². The van der Waals surface area contributed by atoms with Crippen LogP contribution in [0.5, 0.6) is 5.75 Å². The molecule has 21 heavy (non-hydrogen) atoms. The quantitative estimate of drug-likeness (QED) is 0.535. The van der Waals surface area contributed by atoms with Crippen LogP contribution in [0.2, 0.25) is 0 Å². The van der Waals surface area contributed by atoms with Gasteiger partial charge in [-0.1, -0.05) is 70.4 Å². The molecule has 0 aliphatic carbocycles. The van der Waals surface area contributed by atoms with Crippen molar-refractivity contribution in [3.63, 3.8) is 0 Å². The normalized spacial score (nSPS) is 12.3. The molecule has 0 aromatic heterocycles. The van der Waals surface area contributed by atoms with Gasteiger partial charge in [-0.25, -0.2) is 0 Å². The molecular weight excluding hydrogens is 258 g/mol. The number of hydrogen-bond donors (Lipinski definition) is 1. The third-order valence-electron chi connectivity index (χ3n) is 3.88. The molecule has 0 saturated heterocycles. The first-order valence-corrected chi connectivity index (χ1v) is 8.67. The van der Waals surface area contributed by atoms with Gasteiger partial charge in [0.25, 0.3) is 0 Å². The summed E-state index contributed by atoms with van der Waals surface area (Å²) in [6.45, 7) is 4.97. The predicted molar refractivity (Wildman–Crippen MR) is 91.9 cm³/mol. The molecule has 1 unspecified atom stereocenters. The number of ether oxygens (including phenoxy) is 1. The lowest BCUT2D eigenvalue weighted by Gasteiger charge is -2.13. The van der Waals surface area contributed by atoms with Crippen LogP contribution in [0.15, 0.2) is 24.3 Å². The molecule has 0 saturated carbocycles. The Hall–Kier alpha value is -1.02. The van der Waals surface area contributed by atoms with Gasteiger partial charge in [-0.3, -0.25) is 0 Å². The number of rotatable bonds is 12. The minimum absolute atomic E-state index is 0.158. The molecule has 0 radical (unpaired) electrons. The molecule has 0 heterocycles. The topological polar surface area (TPSA) is 35.2 Å². The Kier molecular flexibility index (Phi) is 9.98. The molecule has 0 amide bonds. The van der Waals surface area contributed by atoms with Gasteiger partial charge < -0.3 is 10.5 Å². The van der Waals surface area contributed by atoms with E-state index < -0.39 is 0 Å². The van der Waals surface area contributed by atoms with Crippen LogP contribution >= 0.6 is 0 Å². The first-order valence-electron chi connectivity index (χ1n) is 8.67. The third-order valence-corrected chi connectivity index (χ3v) is 3.88. The van der Waals surface area contributed by atoms with E-state index in [1.54, 1.807) is 0 Å². The van der Waals surface area contributed by atoms with Crippen molar-refractivity contribution in [3.8, 4) is 5.75 Å². The van der Waals surface area contributed by atoms with Crippen LogP contribution in [-0.4, -0.2) is 12.6 Å². The smallest absolute Gasteiger partial charge is 0.119 e. The zero-order valence-electron chi connectivity index (χ0n) is 13.9. The van der Waals surface area contributed by atoms with E-state index in [-0.39, 0.29) is 6.04 Å².